The number of alkyl carbamates (subject to hydrolysis) is 2. The molecule has 11 atom stereocenters. The zero-order chi connectivity index (χ0) is 44.8. The van der Waals surface area contributed by atoms with Gasteiger partial charge in [-0.3, -0.25) is 4.57 Å². The molecule has 62 heavy (non-hydrogen) atoms. The van der Waals surface area contributed by atoms with Gasteiger partial charge in [0.1, 0.15) is 24.6 Å². The monoisotopic (exact) mass is 867 g/mol. The van der Waals surface area contributed by atoms with E-state index >= 15 is 8.78 Å². The lowest BCUT2D eigenvalue weighted by molar-refractivity contribution is -0.140. The van der Waals surface area contributed by atoms with E-state index in [1.54, 1.807) is 0 Å². The molecule has 1 aliphatic heterocycles. The first-order valence-electron chi connectivity index (χ1n) is 22.6. The molecule has 2 heterocycles. The third-order valence-corrected chi connectivity index (χ3v) is 14.8. The number of ether oxygens (including phenoxy) is 3. The Morgan fingerprint density at radius 1 is 1.08 bits per heavy atom. The molecule has 0 bridgehead atoms. The van der Waals surface area contributed by atoms with E-state index in [2.05, 4.69) is 54.3 Å². The number of carbonyl (C=O) groups excluding carboxylic acids is 2. The van der Waals surface area contributed by atoms with Crippen LogP contribution in [0, 0.1) is 34.5 Å². The summed E-state index contributed by atoms with van der Waals surface area (Å²) in [6.45, 7) is 14.4. The summed E-state index contributed by atoms with van der Waals surface area (Å²) in [6, 6.07) is 0.787. The van der Waals surface area contributed by atoms with Gasteiger partial charge in [0.05, 0.1) is 6.10 Å². The number of fused-ring (bicyclic) bond motifs is 1. The predicted molar refractivity (Wildman–Crippen MR) is 230 cm³/mol. The highest BCUT2D eigenvalue weighted by molar-refractivity contribution is 5.69. The fraction of sp³-hybridized carbons (Fsp3) is 0.702. The molecule has 8 unspecified atom stereocenters. The van der Waals surface area contributed by atoms with E-state index in [1.807, 2.05) is 26.8 Å². The molecule has 0 radical (unpaired) electrons. The van der Waals surface area contributed by atoms with Gasteiger partial charge in [0.2, 0.25) is 6.23 Å². The normalized spacial score (nSPS) is 36.6. The number of aliphatic hydroxyl groups excluding tert-OH is 2. The lowest BCUT2D eigenvalue weighted by Crippen LogP contribution is -2.57. The van der Waals surface area contributed by atoms with Gasteiger partial charge in [-0.1, -0.05) is 64.2 Å². The maximum absolute atomic E-state index is 15.0. The Morgan fingerprint density at radius 3 is 2.56 bits per heavy atom. The van der Waals surface area contributed by atoms with Gasteiger partial charge in [0.15, 0.2) is 6.10 Å². The van der Waals surface area contributed by atoms with Gasteiger partial charge in [0.25, 0.3) is 0 Å². The standard InChI is InChI=1S/C47H67F2N5O8/c1-27(12-19-35(55)31-15-16-31)33-17-18-34-30(10-8-21-46(33,34)6)14-13-29-9-7-11-36(28(29)2)62-42(58)51-32-23-44(3,4)26-45(5,24-32)53-43(59)60-25-37-39(56)47(48,49)40(61-37)54-22-20-38(50)52-41(54)57/h12-14,19-20,22,27,31-37,39-40,55-56H,2,7-11,15-18,21,23-26H2,1,3-6H3,(H,51,58)(H,53,59)(H2,50,52,57)/b19-12+,29-13-,30-14+/t27-,32?,33?,34?,35?,36-,37?,39?,40?,45?,46+/m0/s1. The second-order valence-electron chi connectivity index (χ2n) is 20.5. The molecule has 6 N–H and O–H groups in total. The minimum absolute atomic E-state index is 0.162. The number of hydrogen-bond acceptors (Lipinski definition) is 10. The Bertz CT molecular complexity index is 2010. The third-order valence-electron chi connectivity index (χ3n) is 14.8. The minimum Gasteiger partial charge on any atom is -0.447 e. The number of nitrogens with zero attached hydrogens (tertiary/aromatic N) is 2. The van der Waals surface area contributed by atoms with Crippen molar-refractivity contribution in [3.05, 3.63) is 70.3 Å². The first-order valence-corrected chi connectivity index (χ1v) is 22.6. The van der Waals surface area contributed by atoms with Crippen LogP contribution in [0.25, 0.3) is 0 Å². The fourth-order valence-corrected chi connectivity index (χ4v) is 11.9. The number of nitrogens with two attached hydrogens (primary N) is 1. The van der Waals surface area contributed by atoms with E-state index in [9.17, 15) is 24.6 Å². The number of aliphatic hydroxyl groups is 2. The van der Waals surface area contributed by atoms with Gasteiger partial charge in [-0.15, -0.1) is 0 Å². The van der Waals surface area contributed by atoms with E-state index in [4.69, 9.17) is 19.9 Å². The second kappa shape index (κ2) is 17.8. The number of nitrogen functional groups attached to an aromatic ring is 1. The van der Waals surface area contributed by atoms with Crippen LogP contribution < -0.4 is 22.1 Å². The molecule has 342 valence electrons. The van der Waals surface area contributed by atoms with Gasteiger partial charge in [-0.05, 0) is 142 Å². The number of anilines is 1. The molecule has 5 aliphatic carbocycles. The zero-order valence-electron chi connectivity index (χ0n) is 36.9. The highest BCUT2D eigenvalue weighted by Crippen LogP contribution is 2.59. The molecule has 6 aliphatic rings. The molecule has 1 aromatic rings. The average Bonchev–Trinajstić information content (AvgIpc) is 3.93. The summed E-state index contributed by atoms with van der Waals surface area (Å²) in [7, 11) is 0. The number of allylic oxidation sites excluding steroid dienone is 4. The summed E-state index contributed by atoms with van der Waals surface area (Å²) >= 11 is 0. The van der Waals surface area contributed by atoms with E-state index < -0.39 is 60.5 Å². The zero-order valence-corrected chi connectivity index (χ0v) is 36.9. The van der Waals surface area contributed by atoms with E-state index in [1.165, 1.54) is 24.8 Å². The number of carbonyl (C=O) groups is 2. The molecule has 7 rings (SSSR count). The Labute approximate surface area is 363 Å². The summed E-state index contributed by atoms with van der Waals surface area (Å²) in [5.41, 5.74) is 6.86. The lowest BCUT2D eigenvalue weighted by Gasteiger charge is -2.46. The van der Waals surface area contributed by atoms with Gasteiger partial charge >= 0.3 is 23.8 Å². The van der Waals surface area contributed by atoms with Crippen LogP contribution >= 0.6 is 0 Å². The molecular weight excluding hydrogens is 801 g/mol. The number of alkyl halides is 2. The summed E-state index contributed by atoms with van der Waals surface area (Å²) < 4.78 is 47.2. The number of aromatic nitrogens is 2. The van der Waals surface area contributed by atoms with Gasteiger partial charge in [0, 0.05) is 17.8 Å². The van der Waals surface area contributed by atoms with Gasteiger partial charge < -0.3 is 40.8 Å². The second-order valence-corrected chi connectivity index (χ2v) is 20.5. The van der Waals surface area contributed by atoms with Crippen LogP contribution in [-0.2, 0) is 14.2 Å². The van der Waals surface area contributed by atoms with Crippen LogP contribution in [0.5, 0.6) is 0 Å². The first-order chi connectivity index (χ1) is 29.2. The van der Waals surface area contributed by atoms with E-state index in [0.29, 0.717) is 53.9 Å². The number of amides is 2. The molecule has 1 aromatic heterocycles. The molecule has 6 fully saturated rings. The Hall–Kier alpha value is -4.08. The van der Waals surface area contributed by atoms with Crippen molar-refractivity contribution in [2.75, 3.05) is 12.3 Å². The third kappa shape index (κ3) is 9.99. The number of nitrogens with one attached hydrogen (secondary N) is 2. The van der Waals surface area contributed by atoms with Crippen LogP contribution in [0.2, 0.25) is 0 Å². The fourth-order valence-electron chi connectivity index (χ4n) is 11.9. The SMILES string of the molecule is C=C1/C(=C\C=C2/CCC[C@@]3(C)C2CCC3[C@@H](C)/C=C/C(O)C2CC2)CCC[C@@H]1OC(=O)NC1CC(C)(C)CC(C)(NC(=O)OCC2OC(n3ccc(N)nc3=O)C(F)(F)C2O)C1. The molecule has 13 nitrogen and oxygen atoms in total. The largest absolute Gasteiger partial charge is 0.447 e. The Kier molecular flexibility index (Phi) is 13.2. The van der Waals surface area contributed by atoms with E-state index in [-0.39, 0.29) is 28.8 Å². The van der Waals surface area contributed by atoms with Gasteiger partial charge in [-0.25, -0.2) is 14.4 Å². The number of rotatable bonds is 11. The quantitative estimate of drug-likeness (QED) is 0.138. The molecule has 0 aromatic carbocycles. The molecule has 2 amide bonds. The first kappa shape index (κ1) is 45.9. The predicted octanol–water partition coefficient (Wildman–Crippen LogP) is 7.65. The summed E-state index contributed by atoms with van der Waals surface area (Å²) in [6.07, 6.45) is 13.4. The topological polar surface area (TPSA) is 187 Å². The maximum Gasteiger partial charge on any atom is 0.407 e. The summed E-state index contributed by atoms with van der Waals surface area (Å²) in [5, 5.41) is 26.7. The van der Waals surface area contributed by atoms with Crippen LogP contribution in [0.3, 0.4) is 0 Å². The van der Waals surface area contributed by atoms with Crippen LogP contribution in [-0.4, -0.2) is 80.5 Å². The smallest absolute Gasteiger partial charge is 0.407 e. The van der Waals surface area contributed by atoms with Crippen molar-refractivity contribution >= 4 is 18.0 Å². The lowest BCUT2D eigenvalue weighted by atomic mass is 9.61. The average molecular weight is 868 g/mol. The summed E-state index contributed by atoms with van der Waals surface area (Å²) in [5.74, 6) is -2.08. The number of hydrogen-bond donors (Lipinski definition) is 5. The number of halogens is 2. The van der Waals surface area contributed by atoms with Crippen LogP contribution in [0.1, 0.15) is 124 Å². The van der Waals surface area contributed by atoms with Crippen molar-refractivity contribution in [2.24, 2.45) is 34.5 Å². The van der Waals surface area contributed by atoms with Crippen molar-refractivity contribution < 1.29 is 42.8 Å². The van der Waals surface area contributed by atoms with E-state index in [0.717, 1.165) is 61.9 Å². The van der Waals surface area contributed by atoms with Crippen LogP contribution in [0.15, 0.2) is 64.7 Å². The molecular formula is C47H67F2N5O8. The minimum atomic E-state index is -3.89. The van der Waals surface area contributed by atoms with Crippen molar-refractivity contribution in [3.8, 4) is 0 Å². The van der Waals surface area contributed by atoms with Crippen molar-refractivity contribution in [1.82, 2.24) is 20.2 Å². The van der Waals surface area contributed by atoms with Crippen molar-refractivity contribution in [2.45, 2.75) is 166 Å². The van der Waals surface area contributed by atoms with Crippen molar-refractivity contribution in [1.29, 1.82) is 0 Å². The molecule has 0 spiro atoms. The molecule has 1 saturated heterocycles. The molecule has 15 heteroatoms. The van der Waals surface area contributed by atoms with Crippen LogP contribution in [0.4, 0.5) is 24.2 Å². The Balaban J connectivity index is 0.916. The highest BCUT2D eigenvalue weighted by Gasteiger charge is 2.60. The molecule has 5 saturated carbocycles. The Morgan fingerprint density at radius 2 is 1.84 bits per heavy atom. The summed E-state index contributed by atoms with van der Waals surface area (Å²) in [4.78, 5) is 42.3. The van der Waals surface area contributed by atoms with Crippen molar-refractivity contribution in [3.63, 3.8) is 0 Å². The van der Waals surface area contributed by atoms with Gasteiger partial charge in [-0.2, -0.15) is 13.8 Å². The highest BCUT2D eigenvalue weighted by atomic mass is 19.3. The maximum atomic E-state index is 15.0.